The average Bonchev–Trinajstić information content (AvgIpc) is 4.21. The maximum atomic E-state index is 13.7. The molecule has 0 spiro atoms. The number of hydrogen-bond acceptors (Lipinski definition) is 19. The minimum atomic E-state index is -3.61. The fraction of sp³-hybridized carbons (Fsp3) is 0.407. The van der Waals surface area contributed by atoms with Gasteiger partial charge in [0.2, 0.25) is 0 Å². The monoisotopic (exact) mass is 1130 g/mol. The molecule has 23 nitrogen and oxygen atoms in total. The van der Waals surface area contributed by atoms with E-state index in [-0.39, 0.29) is 67.3 Å². The van der Waals surface area contributed by atoms with Crippen molar-refractivity contribution in [2.24, 2.45) is 11.8 Å². The summed E-state index contributed by atoms with van der Waals surface area (Å²) in [4.78, 5) is 82.6. The van der Waals surface area contributed by atoms with Crippen LogP contribution in [0.15, 0.2) is 123 Å². The number of halogens is 2. The number of rotatable bonds is 13. The van der Waals surface area contributed by atoms with Crippen molar-refractivity contribution in [2.75, 3.05) is 69.3 Å². The molecule has 12 rings (SSSR count). The van der Waals surface area contributed by atoms with E-state index in [4.69, 9.17) is 13.0 Å². The van der Waals surface area contributed by atoms with Crippen molar-refractivity contribution in [2.45, 2.75) is 70.5 Å². The van der Waals surface area contributed by atoms with E-state index in [0.29, 0.717) is 69.7 Å². The van der Waals surface area contributed by atoms with Gasteiger partial charge in [-0.25, -0.2) is 28.3 Å². The molecule has 0 saturated carbocycles. The summed E-state index contributed by atoms with van der Waals surface area (Å²) in [7, 11) is -3.61. The zero-order valence-corrected chi connectivity index (χ0v) is 43.4. The molecule has 4 aliphatic rings. The molecule has 80 heavy (non-hydrogen) atoms. The first-order valence-corrected chi connectivity index (χ1v) is 27.5. The molecule has 0 aliphatic carbocycles. The Kier molecular flexibility index (Phi) is 17.0. The molecule has 8 aromatic rings. The van der Waals surface area contributed by atoms with E-state index in [1.807, 2.05) is 0 Å². The molecule has 4 atom stereocenters. The van der Waals surface area contributed by atoms with Crippen molar-refractivity contribution >= 4 is 65.8 Å². The van der Waals surface area contributed by atoms with Gasteiger partial charge < -0.3 is 39.9 Å². The Morgan fingerprint density at radius 1 is 0.662 bits per heavy atom. The maximum Gasteiger partial charge on any atom is 0.338 e. The summed E-state index contributed by atoms with van der Waals surface area (Å²) < 4.78 is 70.2. The summed E-state index contributed by atoms with van der Waals surface area (Å²) in [6.07, 6.45) is 5.60. The zero-order valence-electron chi connectivity index (χ0n) is 42.6. The van der Waals surface area contributed by atoms with E-state index >= 15 is 0 Å². The van der Waals surface area contributed by atoms with Crippen LogP contribution in [0.3, 0.4) is 0 Å². The summed E-state index contributed by atoms with van der Waals surface area (Å²) in [5, 5.41) is 31.4. The fourth-order valence-electron chi connectivity index (χ4n) is 10.9. The molecule has 10 heterocycles. The summed E-state index contributed by atoms with van der Waals surface area (Å²) in [6.45, 7) is 4.89. The van der Waals surface area contributed by atoms with Crippen molar-refractivity contribution in [3.63, 3.8) is 0 Å². The Morgan fingerprint density at radius 2 is 1.12 bits per heavy atom. The second-order valence-corrected chi connectivity index (χ2v) is 21.7. The minimum Gasteiger partial charge on any atom is -0.423 e. The minimum absolute atomic E-state index is 0. The third-order valence-corrected chi connectivity index (χ3v) is 15.4. The van der Waals surface area contributed by atoms with Crippen LogP contribution in [0, 0.1) is 23.5 Å². The van der Waals surface area contributed by atoms with Crippen LogP contribution in [-0.2, 0) is 27.4 Å². The van der Waals surface area contributed by atoms with Crippen molar-refractivity contribution in [1.82, 2.24) is 38.5 Å². The molecular formula is C54H60F2N10O13S. The third-order valence-electron chi connectivity index (χ3n) is 14.8. The van der Waals surface area contributed by atoms with Crippen LogP contribution >= 0.6 is 0 Å². The van der Waals surface area contributed by atoms with Gasteiger partial charge in [0.1, 0.15) is 45.1 Å². The van der Waals surface area contributed by atoms with Gasteiger partial charge in [-0.2, -0.15) is 8.42 Å². The highest BCUT2D eigenvalue weighted by Gasteiger charge is 2.32. The number of anilines is 2. The number of likely N-dealkylation sites (tertiary alicyclic amines) is 1. The molecule has 26 heteroatoms. The highest BCUT2D eigenvalue weighted by atomic mass is 32.2. The predicted octanol–water partition coefficient (Wildman–Crippen LogP) is 2.97. The molecule has 4 aliphatic heterocycles. The van der Waals surface area contributed by atoms with E-state index in [9.17, 15) is 56.2 Å². The van der Waals surface area contributed by atoms with E-state index in [0.717, 1.165) is 64.3 Å². The number of benzene rings is 2. The quantitative estimate of drug-likeness (QED) is 0.0819. The van der Waals surface area contributed by atoms with Crippen molar-refractivity contribution in [3.05, 3.63) is 159 Å². The van der Waals surface area contributed by atoms with Crippen molar-refractivity contribution in [3.8, 4) is 0 Å². The van der Waals surface area contributed by atoms with E-state index in [2.05, 4.69) is 30.8 Å². The van der Waals surface area contributed by atoms with Gasteiger partial charge in [-0.1, -0.05) is 7.43 Å². The van der Waals surface area contributed by atoms with E-state index in [1.54, 1.807) is 15.2 Å². The first-order valence-electron chi connectivity index (χ1n) is 25.7. The normalized spacial score (nSPS) is 18.1. The smallest absolute Gasteiger partial charge is 0.338 e. The van der Waals surface area contributed by atoms with Crippen LogP contribution < -0.4 is 49.4 Å². The number of nitrogens with one attached hydrogen (secondary N) is 3. The number of aromatic nitrogens is 6. The van der Waals surface area contributed by atoms with Crippen LogP contribution in [0.25, 0.3) is 44.3 Å². The number of nitrogens with zero attached hydrogens (tertiary/aromatic N) is 7. The second kappa shape index (κ2) is 23.9. The Morgan fingerprint density at radius 3 is 1.61 bits per heavy atom. The molecule has 0 radical (unpaired) electrons. The predicted molar refractivity (Wildman–Crippen MR) is 295 cm³/mol. The van der Waals surface area contributed by atoms with E-state index < -0.39 is 56.8 Å². The Bertz CT molecular complexity index is 4080. The molecule has 0 bridgehead atoms. The molecule has 424 valence electrons. The number of fused-ring (bicyclic) bond motifs is 2. The summed E-state index contributed by atoms with van der Waals surface area (Å²) in [6, 6.07) is 15.8. The topological polar surface area (TPSA) is 297 Å². The van der Waals surface area contributed by atoms with Crippen LogP contribution in [0.4, 0.5) is 20.2 Å². The molecular weight excluding hydrogens is 1070 g/mol. The Hall–Kier alpha value is -7.75. The zero-order chi connectivity index (χ0) is 55.7. The molecule has 2 aromatic carbocycles. The summed E-state index contributed by atoms with van der Waals surface area (Å²) in [5.41, 5.74) is 1.55. The maximum absolute atomic E-state index is 13.7. The lowest BCUT2D eigenvalue weighted by Crippen LogP contribution is -2.42. The van der Waals surface area contributed by atoms with Crippen LogP contribution in [-0.4, -0.2) is 123 Å². The van der Waals surface area contributed by atoms with Gasteiger partial charge in [0.05, 0.1) is 67.5 Å². The first-order chi connectivity index (χ1) is 37.9. The standard InChI is InChI=1S/C26H26FN5O5.C16H19FN2O3.C11H11N3O5S.CH4/c27-16-1-3-22-18(9-16)20(10-25(36)37-22)28-11-21(33)15-5-7-30(8-6-15)13-17-14-31-23(34)4-2-19-26(31)32(17)24(35)12-29-19;17-11-1-2-15-12(7-11)13(8-16(21)22-15)19-9-14(20)10-3-5-18-6-4-10;1-20(17,18)19-6-7-5-13-9(15)3-2-8-11(13)14(7)10(16)4-12-8;/h1-4,9-10,12,15,17,21,28,33H,5-8,11,13-14H2;1-2,7-8,10,14,18-20H,3-6,9H2;2-4,7H,5-6H2,1H3;1H4/t17-,21?;;7-;/m1.0./s1. The Balaban J connectivity index is 0.000000155. The Labute approximate surface area is 453 Å². The number of piperidine rings is 2. The lowest BCUT2D eigenvalue weighted by Gasteiger charge is -2.35. The van der Waals surface area contributed by atoms with Gasteiger partial charge in [0, 0.05) is 61.2 Å². The molecule has 2 fully saturated rings. The van der Waals surface area contributed by atoms with Gasteiger partial charge in [0.15, 0.2) is 0 Å². The van der Waals surface area contributed by atoms with Crippen LogP contribution in [0.1, 0.15) is 45.2 Å². The summed E-state index contributed by atoms with van der Waals surface area (Å²) in [5.74, 6) is -0.562. The molecule has 5 N–H and O–H groups in total. The van der Waals surface area contributed by atoms with Gasteiger partial charge in [-0.3, -0.25) is 41.6 Å². The number of aliphatic hydroxyl groups is 2. The van der Waals surface area contributed by atoms with Crippen molar-refractivity contribution in [1.29, 1.82) is 0 Å². The lowest BCUT2D eigenvalue weighted by molar-refractivity contribution is 0.0632. The molecule has 2 saturated heterocycles. The van der Waals surface area contributed by atoms with E-state index in [1.165, 1.54) is 82.1 Å². The van der Waals surface area contributed by atoms with Gasteiger partial charge in [-0.05, 0) is 112 Å². The lowest BCUT2D eigenvalue weighted by atomic mass is 9.91. The highest BCUT2D eigenvalue weighted by Crippen LogP contribution is 2.29. The number of pyridine rings is 2. The van der Waals surface area contributed by atoms with Gasteiger partial charge >= 0.3 is 11.3 Å². The van der Waals surface area contributed by atoms with Crippen LogP contribution in [0.5, 0.6) is 0 Å². The van der Waals surface area contributed by atoms with Crippen molar-refractivity contribution < 1.29 is 40.4 Å². The van der Waals surface area contributed by atoms with Crippen LogP contribution in [0.2, 0.25) is 0 Å². The van der Waals surface area contributed by atoms with Gasteiger partial charge in [-0.15, -0.1) is 0 Å². The fourth-order valence-corrected chi connectivity index (χ4v) is 11.3. The third kappa shape index (κ3) is 12.5. The summed E-state index contributed by atoms with van der Waals surface area (Å²) >= 11 is 0. The number of hydrogen-bond donors (Lipinski definition) is 5. The average molecular weight is 1130 g/mol. The molecule has 6 aromatic heterocycles. The molecule has 0 amide bonds. The second-order valence-electron chi connectivity index (χ2n) is 20.1. The SMILES string of the molecule is C.CS(=O)(=O)OC[C@@H]1Cn2c(=O)ccc3ncc(=O)n1c32.O=c1cc(NCC(O)C2CCN(C[C@@H]3Cn4c(=O)ccc5ncc(=O)n3c54)CC2)c2cc(F)ccc2o1.O=c1cc(NCC(O)C2CCNCC2)c2cc(F)ccc2o1. The number of aliphatic hydroxyl groups excluding tert-OH is 2. The first kappa shape index (κ1) is 57.0. The highest BCUT2D eigenvalue weighted by molar-refractivity contribution is 7.86. The van der Waals surface area contributed by atoms with Gasteiger partial charge in [0.25, 0.3) is 32.4 Å². The molecule has 2 unspecified atom stereocenters. The largest absolute Gasteiger partial charge is 0.423 e.